The molecule has 2 aliphatic rings. The van der Waals surface area contributed by atoms with E-state index >= 15 is 0 Å². The quantitative estimate of drug-likeness (QED) is 0.685. The molecular weight excluding hydrogens is 194 g/mol. The van der Waals surface area contributed by atoms with E-state index < -0.39 is 0 Å². The number of ether oxygens (including phenoxy) is 1. The second kappa shape index (κ2) is 5.38. The largest absolute Gasteiger partial charge is 0.373 e. The lowest BCUT2D eigenvalue weighted by atomic mass is 9.95. The van der Waals surface area contributed by atoms with Crippen molar-refractivity contribution in [1.29, 1.82) is 0 Å². The summed E-state index contributed by atoms with van der Waals surface area (Å²) < 4.78 is 5.80. The second-order valence-electron chi connectivity index (χ2n) is 4.22. The Labute approximate surface area is 91.2 Å². The monoisotopic (exact) mass is 215 g/mol. The van der Waals surface area contributed by atoms with Gasteiger partial charge in [0.25, 0.3) is 0 Å². The van der Waals surface area contributed by atoms with E-state index in [2.05, 4.69) is 12.2 Å². The zero-order chi connectivity index (χ0) is 9.80. The van der Waals surface area contributed by atoms with E-state index in [4.69, 9.17) is 4.74 Å². The standard InChI is InChI=1S/C11H21NOS/c1-2-14-7-3-6-12-10-8-9-4-5-11(10)13-9/h9-12H,2-8H2,1H3. The predicted molar refractivity (Wildman–Crippen MR) is 61.9 cm³/mol. The van der Waals surface area contributed by atoms with Crippen LogP contribution in [-0.2, 0) is 4.74 Å². The van der Waals surface area contributed by atoms with Crippen LogP contribution < -0.4 is 5.32 Å². The van der Waals surface area contributed by atoms with Crippen LogP contribution >= 0.6 is 11.8 Å². The molecule has 14 heavy (non-hydrogen) atoms. The summed E-state index contributed by atoms with van der Waals surface area (Å²) in [7, 11) is 0. The number of nitrogens with one attached hydrogen (secondary N) is 1. The molecule has 3 atom stereocenters. The fourth-order valence-corrected chi connectivity index (χ4v) is 3.10. The van der Waals surface area contributed by atoms with E-state index in [0.29, 0.717) is 18.2 Å². The van der Waals surface area contributed by atoms with Gasteiger partial charge in [-0.15, -0.1) is 0 Å². The van der Waals surface area contributed by atoms with Crippen molar-refractivity contribution in [2.45, 2.75) is 50.9 Å². The molecule has 2 saturated heterocycles. The SMILES string of the molecule is CCSCCCNC1CC2CCC1O2. The van der Waals surface area contributed by atoms with Crippen molar-refractivity contribution in [3.05, 3.63) is 0 Å². The van der Waals surface area contributed by atoms with Crippen molar-refractivity contribution < 1.29 is 4.74 Å². The average molecular weight is 215 g/mol. The molecule has 0 amide bonds. The molecule has 3 unspecified atom stereocenters. The maximum Gasteiger partial charge on any atom is 0.0733 e. The first-order valence-corrected chi connectivity index (χ1v) is 7.02. The molecule has 0 aromatic rings. The molecule has 3 heteroatoms. The Kier molecular flexibility index (Phi) is 4.14. The molecule has 2 nitrogen and oxygen atoms in total. The Morgan fingerprint density at radius 2 is 2.36 bits per heavy atom. The lowest BCUT2D eigenvalue weighted by Crippen LogP contribution is -2.38. The van der Waals surface area contributed by atoms with Crippen molar-refractivity contribution >= 4 is 11.8 Å². The first-order valence-electron chi connectivity index (χ1n) is 5.86. The van der Waals surface area contributed by atoms with Gasteiger partial charge in [0.1, 0.15) is 0 Å². The first-order chi connectivity index (χ1) is 6.90. The minimum Gasteiger partial charge on any atom is -0.373 e. The molecule has 2 fully saturated rings. The summed E-state index contributed by atoms with van der Waals surface area (Å²) in [5, 5.41) is 3.63. The molecule has 82 valence electrons. The summed E-state index contributed by atoms with van der Waals surface area (Å²) in [5.74, 6) is 2.54. The van der Waals surface area contributed by atoms with Gasteiger partial charge in [0, 0.05) is 6.04 Å². The van der Waals surface area contributed by atoms with Gasteiger partial charge in [0.2, 0.25) is 0 Å². The van der Waals surface area contributed by atoms with Gasteiger partial charge in [-0.2, -0.15) is 11.8 Å². The number of fused-ring (bicyclic) bond motifs is 2. The van der Waals surface area contributed by atoms with Gasteiger partial charge < -0.3 is 10.1 Å². The summed E-state index contributed by atoms with van der Waals surface area (Å²) in [4.78, 5) is 0. The molecule has 2 rings (SSSR count). The third-order valence-electron chi connectivity index (χ3n) is 3.18. The smallest absolute Gasteiger partial charge is 0.0733 e. The van der Waals surface area contributed by atoms with Crippen LogP contribution in [0.5, 0.6) is 0 Å². The third-order valence-corrected chi connectivity index (χ3v) is 4.17. The van der Waals surface area contributed by atoms with E-state index in [-0.39, 0.29) is 0 Å². The fourth-order valence-electron chi connectivity index (χ4n) is 2.46. The van der Waals surface area contributed by atoms with Crippen LogP contribution in [0, 0.1) is 0 Å². The van der Waals surface area contributed by atoms with Crippen LogP contribution in [0.1, 0.15) is 32.6 Å². The summed E-state index contributed by atoms with van der Waals surface area (Å²) >= 11 is 2.03. The van der Waals surface area contributed by atoms with Crippen LogP contribution in [0.25, 0.3) is 0 Å². The maximum atomic E-state index is 5.80. The number of hydrogen-bond donors (Lipinski definition) is 1. The number of hydrogen-bond acceptors (Lipinski definition) is 3. The van der Waals surface area contributed by atoms with E-state index in [1.807, 2.05) is 11.8 Å². The normalized spacial score (nSPS) is 35.4. The number of thioether (sulfide) groups is 1. The van der Waals surface area contributed by atoms with Crippen LogP contribution in [0.2, 0.25) is 0 Å². The number of rotatable bonds is 6. The Morgan fingerprint density at radius 1 is 1.43 bits per heavy atom. The van der Waals surface area contributed by atoms with Crippen LogP contribution in [-0.4, -0.2) is 36.3 Å². The molecule has 1 N–H and O–H groups in total. The van der Waals surface area contributed by atoms with Crippen LogP contribution in [0.3, 0.4) is 0 Å². The van der Waals surface area contributed by atoms with E-state index in [1.54, 1.807) is 0 Å². The van der Waals surface area contributed by atoms with Gasteiger partial charge in [-0.1, -0.05) is 6.92 Å². The minimum absolute atomic E-state index is 0.541. The molecule has 2 aliphatic heterocycles. The summed E-state index contributed by atoms with van der Waals surface area (Å²) in [6.45, 7) is 3.39. The van der Waals surface area contributed by atoms with Crippen LogP contribution in [0.15, 0.2) is 0 Å². The second-order valence-corrected chi connectivity index (χ2v) is 5.61. The highest BCUT2D eigenvalue weighted by molar-refractivity contribution is 7.99. The molecule has 0 saturated carbocycles. The Balaban J connectivity index is 1.54. The van der Waals surface area contributed by atoms with Gasteiger partial charge in [-0.25, -0.2) is 0 Å². The van der Waals surface area contributed by atoms with Crippen molar-refractivity contribution in [2.75, 3.05) is 18.1 Å². The van der Waals surface area contributed by atoms with E-state index in [0.717, 1.165) is 0 Å². The van der Waals surface area contributed by atoms with Gasteiger partial charge in [-0.05, 0) is 43.7 Å². The van der Waals surface area contributed by atoms with E-state index in [1.165, 1.54) is 43.7 Å². The Bertz CT molecular complexity index is 177. The molecule has 0 aromatic heterocycles. The molecule has 0 spiro atoms. The molecule has 0 radical (unpaired) electrons. The minimum atomic E-state index is 0.541. The first kappa shape index (κ1) is 10.8. The van der Waals surface area contributed by atoms with Crippen molar-refractivity contribution in [3.8, 4) is 0 Å². The zero-order valence-electron chi connectivity index (χ0n) is 9.00. The summed E-state index contributed by atoms with van der Waals surface area (Å²) in [6, 6.07) is 0.667. The highest BCUT2D eigenvalue weighted by Gasteiger charge is 2.40. The van der Waals surface area contributed by atoms with Crippen molar-refractivity contribution in [1.82, 2.24) is 5.32 Å². The van der Waals surface area contributed by atoms with Crippen LogP contribution in [0.4, 0.5) is 0 Å². The topological polar surface area (TPSA) is 21.3 Å². The fraction of sp³-hybridized carbons (Fsp3) is 1.00. The zero-order valence-corrected chi connectivity index (χ0v) is 9.81. The average Bonchev–Trinajstić information content (AvgIpc) is 2.79. The maximum absolute atomic E-state index is 5.80. The third kappa shape index (κ3) is 2.65. The van der Waals surface area contributed by atoms with Gasteiger partial charge in [0.05, 0.1) is 12.2 Å². The van der Waals surface area contributed by atoms with Crippen molar-refractivity contribution in [3.63, 3.8) is 0 Å². The molecule has 0 aliphatic carbocycles. The molecule has 2 heterocycles. The van der Waals surface area contributed by atoms with Gasteiger partial charge >= 0.3 is 0 Å². The molecule has 0 aromatic carbocycles. The predicted octanol–water partition coefficient (Wildman–Crippen LogP) is 2.04. The Morgan fingerprint density at radius 3 is 3.00 bits per heavy atom. The highest BCUT2D eigenvalue weighted by Crippen LogP contribution is 2.34. The van der Waals surface area contributed by atoms with Gasteiger partial charge in [0.15, 0.2) is 0 Å². The molecule has 2 bridgehead atoms. The summed E-state index contributed by atoms with van der Waals surface area (Å²) in [5.41, 5.74) is 0. The van der Waals surface area contributed by atoms with Gasteiger partial charge in [-0.3, -0.25) is 0 Å². The van der Waals surface area contributed by atoms with E-state index in [9.17, 15) is 0 Å². The lowest BCUT2D eigenvalue weighted by Gasteiger charge is -2.19. The lowest BCUT2D eigenvalue weighted by molar-refractivity contribution is 0.0975. The Hall–Kier alpha value is 0.270. The molecular formula is C11H21NOS. The summed E-state index contributed by atoms with van der Waals surface area (Å²) in [6.07, 6.45) is 6.26. The highest BCUT2D eigenvalue weighted by atomic mass is 32.2. The van der Waals surface area contributed by atoms with Crippen molar-refractivity contribution in [2.24, 2.45) is 0 Å².